The summed E-state index contributed by atoms with van der Waals surface area (Å²) < 4.78 is 16.8. The summed E-state index contributed by atoms with van der Waals surface area (Å²) in [6, 6.07) is 25.2. The van der Waals surface area contributed by atoms with Gasteiger partial charge in [0.15, 0.2) is 0 Å². The van der Waals surface area contributed by atoms with E-state index in [0.717, 1.165) is 28.9 Å². The molecule has 3 aromatic carbocycles. The molecule has 0 saturated heterocycles. The summed E-state index contributed by atoms with van der Waals surface area (Å²) in [7, 11) is -3.96. The molecule has 0 fully saturated rings. The van der Waals surface area contributed by atoms with E-state index in [1.54, 1.807) is 6.26 Å². The third-order valence-electron chi connectivity index (χ3n) is 6.84. The van der Waals surface area contributed by atoms with Crippen molar-refractivity contribution < 1.29 is 18.8 Å². The highest BCUT2D eigenvalue weighted by atomic mass is 31.2. The molecule has 4 aromatic rings. The van der Waals surface area contributed by atoms with Crippen LogP contribution in [-0.2, 0) is 17.5 Å². The summed E-state index contributed by atoms with van der Waals surface area (Å²) in [4.78, 5) is 18.1. The van der Waals surface area contributed by atoms with Crippen molar-refractivity contribution in [3.63, 3.8) is 0 Å². The minimum absolute atomic E-state index is 0.0341. The lowest BCUT2D eigenvalue weighted by atomic mass is 9.90. The van der Waals surface area contributed by atoms with Crippen molar-refractivity contribution in [1.29, 1.82) is 0 Å². The first kappa shape index (κ1) is 28.6. The summed E-state index contributed by atoms with van der Waals surface area (Å²) in [5, 5.41) is 3.27. The number of furan rings is 1. The van der Waals surface area contributed by atoms with Crippen LogP contribution in [0.3, 0.4) is 0 Å². The Hall–Kier alpha value is -3.39. The van der Waals surface area contributed by atoms with Crippen LogP contribution in [0.15, 0.2) is 83.5 Å². The maximum Gasteiger partial charge on any atom is 0.325 e. The fourth-order valence-corrected chi connectivity index (χ4v) is 5.13. The van der Waals surface area contributed by atoms with E-state index in [1.807, 2.05) is 24.3 Å². The van der Waals surface area contributed by atoms with Gasteiger partial charge in [0.25, 0.3) is 0 Å². The normalized spacial score (nSPS) is 12.1. The largest absolute Gasteiger partial charge is 0.464 e. The van der Waals surface area contributed by atoms with Crippen LogP contribution < -0.4 is 5.32 Å². The molecule has 0 spiro atoms. The summed E-state index contributed by atoms with van der Waals surface area (Å²) >= 11 is 0. The molecule has 202 valence electrons. The Morgan fingerprint density at radius 1 is 0.923 bits per heavy atom. The van der Waals surface area contributed by atoms with Crippen LogP contribution in [0.2, 0.25) is 0 Å². The molecular weight excluding hydrogens is 505 g/mol. The standard InChI is InChI=1S/C33H36NO4P/c1-24-7-4-8-30(19-24)31(21-27-11-10-25(2)26(3)20-27)15-14-29-13-12-28(22-32(29)33-9-5-17-38-33)23-34-16-6-18-39(35,36)37/h4-5,7-13,17,19-20,22,31,34H,6,16,18,21,23H2,1-3H3,(H2,35,36,37). The van der Waals surface area contributed by atoms with Crippen LogP contribution in [0.5, 0.6) is 0 Å². The Morgan fingerprint density at radius 3 is 2.46 bits per heavy atom. The van der Waals surface area contributed by atoms with Gasteiger partial charge in [0.05, 0.1) is 12.4 Å². The van der Waals surface area contributed by atoms with Crippen molar-refractivity contribution in [2.75, 3.05) is 12.7 Å². The summed E-state index contributed by atoms with van der Waals surface area (Å²) in [5.41, 5.74) is 9.14. The number of hydrogen-bond acceptors (Lipinski definition) is 3. The van der Waals surface area contributed by atoms with E-state index in [2.05, 4.69) is 86.5 Å². The van der Waals surface area contributed by atoms with Gasteiger partial charge in [0.1, 0.15) is 5.76 Å². The predicted molar refractivity (Wildman–Crippen MR) is 158 cm³/mol. The molecule has 1 atom stereocenters. The molecule has 0 saturated carbocycles. The molecule has 6 heteroatoms. The molecule has 1 aromatic heterocycles. The topological polar surface area (TPSA) is 82.7 Å². The van der Waals surface area contributed by atoms with Crippen LogP contribution in [0.25, 0.3) is 11.3 Å². The van der Waals surface area contributed by atoms with Crippen LogP contribution in [-0.4, -0.2) is 22.5 Å². The molecular formula is C33H36NO4P. The number of rotatable bonds is 10. The fraction of sp³-hybridized carbons (Fsp3) is 0.273. The average Bonchev–Trinajstić information content (AvgIpc) is 3.43. The maximum absolute atomic E-state index is 11.1. The molecule has 1 unspecified atom stereocenters. The molecule has 3 N–H and O–H groups in total. The third-order valence-corrected chi connectivity index (χ3v) is 7.74. The van der Waals surface area contributed by atoms with Crippen LogP contribution in [0.1, 0.15) is 51.3 Å². The minimum Gasteiger partial charge on any atom is -0.464 e. The predicted octanol–water partition coefficient (Wildman–Crippen LogP) is 6.91. The van der Waals surface area contributed by atoms with E-state index in [0.29, 0.717) is 19.5 Å². The molecule has 0 aliphatic rings. The van der Waals surface area contributed by atoms with Gasteiger partial charge in [-0.25, -0.2) is 0 Å². The van der Waals surface area contributed by atoms with E-state index in [4.69, 9.17) is 14.2 Å². The van der Waals surface area contributed by atoms with Crippen molar-refractivity contribution in [1.82, 2.24) is 5.32 Å². The SMILES string of the molecule is Cc1cccc(C(C#Cc2ccc(CNCCCP(=O)(O)O)cc2-c2ccco2)Cc2ccc(C)c(C)c2)c1. The average molecular weight is 542 g/mol. The first-order chi connectivity index (χ1) is 18.7. The van der Waals surface area contributed by atoms with Gasteiger partial charge in [-0.15, -0.1) is 0 Å². The Bertz CT molecular complexity index is 1510. The first-order valence-corrected chi connectivity index (χ1v) is 15.0. The number of aryl methyl sites for hydroxylation is 3. The lowest BCUT2D eigenvalue weighted by molar-refractivity contribution is 0.371. The van der Waals surface area contributed by atoms with Crippen molar-refractivity contribution >= 4 is 7.60 Å². The lowest BCUT2D eigenvalue weighted by Crippen LogP contribution is -2.15. The maximum atomic E-state index is 11.1. The van der Waals surface area contributed by atoms with Gasteiger partial charge < -0.3 is 19.5 Å². The number of nitrogens with one attached hydrogen (secondary N) is 1. The second kappa shape index (κ2) is 13.1. The molecule has 5 nitrogen and oxygen atoms in total. The van der Waals surface area contributed by atoms with Crippen molar-refractivity contribution in [3.05, 3.63) is 118 Å². The Kier molecular flexibility index (Phi) is 9.62. The van der Waals surface area contributed by atoms with Crippen LogP contribution >= 0.6 is 7.60 Å². The summed E-state index contributed by atoms with van der Waals surface area (Å²) in [6.07, 6.45) is 2.79. The molecule has 1 heterocycles. The third kappa shape index (κ3) is 8.55. The minimum atomic E-state index is -3.96. The highest BCUT2D eigenvalue weighted by Gasteiger charge is 2.14. The quantitative estimate of drug-likeness (QED) is 0.115. The Labute approximate surface area is 231 Å². The molecule has 0 aliphatic carbocycles. The van der Waals surface area contributed by atoms with Gasteiger partial charge in [0.2, 0.25) is 0 Å². The molecule has 0 bridgehead atoms. The van der Waals surface area contributed by atoms with E-state index in [-0.39, 0.29) is 12.1 Å². The first-order valence-electron chi connectivity index (χ1n) is 13.2. The zero-order valence-electron chi connectivity index (χ0n) is 22.8. The highest BCUT2D eigenvalue weighted by molar-refractivity contribution is 7.51. The second-order valence-electron chi connectivity index (χ2n) is 10.1. The fourth-order valence-electron chi connectivity index (χ4n) is 4.56. The molecule has 0 aliphatic heterocycles. The Balaban J connectivity index is 1.60. The van der Waals surface area contributed by atoms with Gasteiger partial charge in [-0.1, -0.05) is 65.9 Å². The van der Waals surface area contributed by atoms with Gasteiger partial charge in [-0.3, -0.25) is 4.57 Å². The van der Waals surface area contributed by atoms with Gasteiger partial charge in [-0.05, 0) is 92.2 Å². The van der Waals surface area contributed by atoms with Gasteiger partial charge in [0, 0.05) is 23.6 Å². The van der Waals surface area contributed by atoms with E-state index < -0.39 is 7.60 Å². The van der Waals surface area contributed by atoms with E-state index in [9.17, 15) is 4.57 Å². The molecule has 39 heavy (non-hydrogen) atoms. The summed E-state index contributed by atoms with van der Waals surface area (Å²) in [5.74, 6) is 7.83. The second-order valence-corrected chi connectivity index (χ2v) is 11.9. The summed E-state index contributed by atoms with van der Waals surface area (Å²) in [6.45, 7) is 7.50. The van der Waals surface area contributed by atoms with E-state index in [1.165, 1.54) is 27.8 Å². The zero-order chi connectivity index (χ0) is 27.8. The monoisotopic (exact) mass is 541 g/mol. The van der Waals surface area contributed by atoms with Gasteiger partial charge >= 0.3 is 7.60 Å². The number of hydrogen-bond donors (Lipinski definition) is 3. The van der Waals surface area contributed by atoms with Crippen molar-refractivity contribution in [2.45, 2.75) is 46.1 Å². The molecule has 4 rings (SSSR count). The Morgan fingerprint density at radius 2 is 1.74 bits per heavy atom. The molecule has 0 amide bonds. The zero-order valence-corrected chi connectivity index (χ0v) is 23.7. The van der Waals surface area contributed by atoms with Crippen LogP contribution in [0, 0.1) is 32.6 Å². The van der Waals surface area contributed by atoms with Gasteiger partial charge in [-0.2, -0.15) is 0 Å². The highest BCUT2D eigenvalue weighted by Crippen LogP contribution is 2.34. The van der Waals surface area contributed by atoms with Crippen molar-refractivity contribution in [2.24, 2.45) is 0 Å². The number of benzene rings is 3. The van der Waals surface area contributed by atoms with Crippen molar-refractivity contribution in [3.8, 4) is 23.2 Å². The molecule has 0 radical (unpaired) electrons. The van der Waals surface area contributed by atoms with E-state index >= 15 is 0 Å². The lowest BCUT2D eigenvalue weighted by Gasteiger charge is -2.14. The smallest absolute Gasteiger partial charge is 0.325 e. The van der Waals surface area contributed by atoms with Crippen LogP contribution in [0.4, 0.5) is 0 Å².